The molecule has 0 bridgehead atoms. The predicted molar refractivity (Wildman–Crippen MR) is 128 cm³/mol. The highest BCUT2D eigenvalue weighted by atomic mass is 28.4. The van der Waals surface area contributed by atoms with E-state index in [0.29, 0.717) is 0 Å². The van der Waals surface area contributed by atoms with Crippen molar-refractivity contribution in [2.24, 2.45) is 5.92 Å². The van der Waals surface area contributed by atoms with Crippen LogP contribution in [0.4, 0.5) is 0 Å². The molecule has 0 amide bonds. The number of aliphatic hydroxyl groups is 1. The maximum Gasteiger partial charge on any atom is 0.192 e. The average molecular weight is 445 g/mol. The number of aliphatic hydroxyl groups excluding tert-OH is 1. The average Bonchev–Trinajstić information content (AvgIpc) is 3.28. The van der Waals surface area contributed by atoms with Crippen molar-refractivity contribution in [1.29, 1.82) is 0 Å². The molecule has 1 saturated heterocycles. The molecule has 0 aromatic rings. The lowest BCUT2D eigenvalue weighted by Crippen LogP contribution is -2.50. The zero-order chi connectivity index (χ0) is 22.8. The normalized spacial score (nSPS) is 24.6. The minimum Gasteiger partial charge on any atom is -0.413 e. The summed E-state index contributed by atoms with van der Waals surface area (Å²) in [5, 5.41) is 9.74. The molecule has 1 rings (SSSR count). The first-order valence-corrected chi connectivity index (χ1v) is 17.0. The van der Waals surface area contributed by atoms with Gasteiger partial charge in [-0.3, -0.25) is 0 Å². The second kappa shape index (κ2) is 9.66. The molecule has 1 N–H and O–H groups in total. The molecule has 29 heavy (non-hydrogen) atoms. The van der Waals surface area contributed by atoms with Gasteiger partial charge in [0.25, 0.3) is 0 Å². The summed E-state index contributed by atoms with van der Waals surface area (Å²) in [6.45, 7) is 27.3. The third-order valence-electron chi connectivity index (χ3n) is 7.31. The maximum absolute atomic E-state index is 9.44. The molecule has 1 aliphatic heterocycles. The molecule has 1 heterocycles. The van der Waals surface area contributed by atoms with E-state index in [0.717, 1.165) is 6.42 Å². The van der Waals surface area contributed by atoms with Crippen molar-refractivity contribution in [3.05, 3.63) is 12.2 Å². The summed E-state index contributed by atoms with van der Waals surface area (Å²) in [6, 6.07) is 0. The standard InChI is InChI=1S/C23H48O4Si2/c1-13-14-18(26-28(9,10)22(3,4)5)17(2)19(15-20-21(16-24)25-20)27-29(11,12)23(6,7)8/h13-14,17-21,24H,15-16H2,1-12H3/b14-13+/t17-,18+,19-,20-,21-/m1/s1. The van der Waals surface area contributed by atoms with E-state index in [1.54, 1.807) is 0 Å². The first kappa shape index (κ1) is 27.0. The highest BCUT2D eigenvalue weighted by Gasteiger charge is 2.47. The SMILES string of the molecule is C/C=C/[C@H](O[Si](C)(C)C(C)(C)C)[C@@H](C)[C@@H](C[C@H]1O[C@@H]1CO)O[Si](C)(C)C(C)(C)C. The number of rotatable bonds is 10. The van der Waals surface area contributed by atoms with Crippen LogP contribution in [-0.4, -0.2) is 52.8 Å². The van der Waals surface area contributed by atoms with Crippen LogP contribution in [0.5, 0.6) is 0 Å². The molecule has 6 heteroatoms. The third-order valence-corrected chi connectivity index (χ3v) is 16.3. The zero-order valence-corrected chi connectivity index (χ0v) is 23.1. The first-order chi connectivity index (χ1) is 13.0. The Labute approximate surface area is 182 Å². The molecule has 0 saturated carbocycles. The molecule has 172 valence electrons. The number of allylic oxidation sites excluding steroid dienone is 1. The van der Waals surface area contributed by atoms with Crippen LogP contribution >= 0.6 is 0 Å². The number of ether oxygens (including phenoxy) is 1. The highest BCUT2D eigenvalue weighted by Crippen LogP contribution is 2.42. The van der Waals surface area contributed by atoms with Gasteiger partial charge in [0.15, 0.2) is 16.6 Å². The van der Waals surface area contributed by atoms with E-state index in [9.17, 15) is 5.11 Å². The molecule has 5 atom stereocenters. The minimum absolute atomic E-state index is 0.0157. The van der Waals surface area contributed by atoms with E-state index in [-0.39, 0.29) is 47.0 Å². The van der Waals surface area contributed by atoms with Crippen LogP contribution in [0.15, 0.2) is 12.2 Å². The highest BCUT2D eigenvalue weighted by molar-refractivity contribution is 6.74. The van der Waals surface area contributed by atoms with Gasteiger partial charge in [-0.25, -0.2) is 0 Å². The van der Waals surface area contributed by atoms with E-state index < -0.39 is 16.6 Å². The monoisotopic (exact) mass is 444 g/mol. The van der Waals surface area contributed by atoms with Gasteiger partial charge in [-0.05, 0) is 43.2 Å². The summed E-state index contributed by atoms with van der Waals surface area (Å²) in [6.07, 6.45) is 5.23. The quantitative estimate of drug-likeness (QED) is 0.250. The predicted octanol–water partition coefficient (Wildman–Crippen LogP) is 6.13. The second-order valence-corrected chi connectivity index (χ2v) is 21.3. The van der Waals surface area contributed by atoms with E-state index in [2.05, 4.69) is 93.7 Å². The van der Waals surface area contributed by atoms with Crippen molar-refractivity contribution in [3.8, 4) is 0 Å². The van der Waals surface area contributed by atoms with Gasteiger partial charge in [-0.15, -0.1) is 0 Å². The van der Waals surface area contributed by atoms with Crippen LogP contribution in [0, 0.1) is 5.92 Å². The van der Waals surface area contributed by atoms with E-state index >= 15 is 0 Å². The Morgan fingerprint density at radius 3 is 1.79 bits per heavy atom. The smallest absolute Gasteiger partial charge is 0.192 e. The molecule has 0 aromatic carbocycles. The van der Waals surface area contributed by atoms with Gasteiger partial charge in [0.1, 0.15) is 6.10 Å². The fourth-order valence-electron chi connectivity index (χ4n) is 2.94. The summed E-state index contributed by atoms with van der Waals surface area (Å²) in [4.78, 5) is 0. The molecule has 0 spiro atoms. The number of hydrogen-bond donors (Lipinski definition) is 1. The summed E-state index contributed by atoms with van der Waals surface area (Å²) >= 11 is 0. The molecule has 0 unspecified atom stereocenters. The fourth-order valence-corrected chi connectivity index (χ4v) is 5.69. The summed E-state index contributed by atoms with van der Waals surface area (Å²) in [7, 11) is -3.87. The lowest BCUT2D eigenvalue weighted by Gasteiger charge is -2.44. The van der Waals surface area contributed by atoms with Crippen molar-refractivity contribution in [2.75, 3.05) is 6.61 Å². The molecule has 4 nitrogen and oxygen atoms in total. The Morgan fingerprint density at radius 2 is 1.41 bits per heavy atom. The van der Waals surface area contributed by atoms with Crippen LogP contribution in [-0.2, 0) is 13.6 Å². The Balaban J connectivity index is 3.12. The third kappa shape index (κ3) is 7.28. The van der Waals surface area contributed by atoms with Crippen molar-refractivity contribution in [1.82, 2.24) is 0 Å². The van der Waals surface area contributed by atoms with Crippen LogP contribution in [0.2, 0.25) is 36.3 Å². The molecule has 1 aliphatic rings. The summed E-state index contributed by atoms with van der Waals surface area (Å²) in [5.74, 6) is 0.206. The van der Waals surface area contributed by atoms with E-state index in [1.807, 2.05) is 0 Å². The zero-order valence-electron chi connectivity index (χ0n) is 21.1. The largest absolute Gasteiger partial charge is 0.413 e. The van der Waals surface area contributed by atoms with Crippen molar-refractivity contribution in [3.63, 3.8) is 0 Å². The summed E-state index contributed by atoms with van der Waals surface area (Å²) in [5.41, 5.74) is 0. The van der Waals surface area contributed by atoms with Gasteiger partial charge < -0.3 is 18.7 Å². The Kier molecular flexibility index (Phi) is 9.01. The van der Waals surface area contributed by atoms with Gasteiger partial charge >= 0.3 is 0 Å². The molecule has 0 radical (unpaired) electrons. The van der Waals surface area contributed by atoms with Gasteiger partial charge in [0, 0.05) is 12.3 Å². The lowest BCUT2D eigenvalue weighted by molar-refractivity contribution is 0.0473. The van der Waals surface area contributed by atoms with Gasteiger partial charge in [0.05, 0.1) is 24.9 Å². The topological polar surface area (TPSA) is 51.2 Å². The molecular weight excluding hydrogens is 396 g/mol. The van der Waals surface area contributed by atoms with Crippen molar-refractivity contribution < 1.29 is 18.7 Å². The van der Waals surface area contributed by atoms with Gasteiger partial charge in [0.2, 0.25) is 0 Å². The number of epoxide rings is 1. The second-order valence-electron chi connectivity index (χ2n) is 11.8. The summed E-state index contributed by atoms with van der Waals surface area (Å²) < 4.78 is 19.4. The van der Waals surface area contributed by atoms with Crippen molar-refractivity contribution in [2.45, 2.75) is 122 Å². The number of hydrogen-bond acceptors (Lipinski definition) is 4. The molecule has 0 aliphatic carbocycles. The lowest BCUT2D eigenvalue weighted by atomic mass is 9.94. The van der Waals surface area contributed by atoms with E-state index in [1.165, 1.54) is 0 Å². The fraction of sp³-hybridized carbons (Fsp3) is 0.913. The van der Waals surface area contributed by atoms with Gasteiger partial charge in [-0.2, -0.15) is 0 Å². The first-order valence-electron chi connectivity index (χ1n) is 11.2. The van der Waals surface area contributed by atoms with Crippen molar-refractivity contribution >= 4 is 16.6 Å². The van der Waals surface area contributed by atoms with Crippen LogP contribution in [0.25, 0.3) is 0 Å². The Hall–Kier alpha value is 0.0138. The van der Waals surface area contributed by atoms with Crippen LogP contribution < -0.4 is 0 Å². The van der Waals surface area contributed by atoms with Gasteiger partial charge in [-0.1, -0.05) is 60.6 Å². The minimum atomic E-state index is -1.95. The molecular formula is C23H48O4Si2. The van der Waals surface area contributed by atoms with Crippen LogP contribution in [0.3, 0.4) is 0 Å². The molecule has 1 fully saturated rings. The Bertz CT molecular complexity index is 546. The molecule has 0 aromatic heterocycles. The Morgan fingerprint density at radius 1 is 0.931 bits per heavy atom. The maximum atomic E-state index is 9.44. The van der Waals surface area contributed by atoms with Crippen LogP contribution in [0.1, 0.15) is 61.8 Å². The van der Waals surface area contributed by atoms with E-state index in [4.69, 9.17) is 13.6 Å².